The molecular formula is C16H22N4O2S. The summed E-state index contributed by atoms with van der Waals surface area (Å²) in [4.78, 5) is 4.71. The Hall–Kier alpha value is -1.86. The van der Waals surface area contributed by atoms with Crippen molar-refractivity contribution in [3.05, 3.63) is 36.4 Å². The van der Waals surface area contributed by atoms with Gasteiger partial charge in [-0.25, -0.2) is 8.42 Å². The van der Waals surface area contributed by atoms with Crippen molar-refractivity contribution in [3.8, 4) is 0 Å². The Balaban J connectivity index is 1.97. The zero-order chi connectivity index (χ0) is 16.4. The SMILES string of the molecule is CCn1nc(N2CCN(C)CC2)cc1S(=O)(=O)c1ccccc1. The second kappa shape index (κ2) is 6.33. The summed E-state index contributed by atoms with van der Waals surface area (Å²) in [5.74, 6) is 0.745. The Morgan fingerprint density at radius 2 is 1.74 bits per heavy atom. The van der Waals surface area contributed by atoms with E-state index in [1.807, 2.05) is 13.0 Å². The first kappa shape index (κ1) is 16.0. The van der Waals surface area contributed by atoms with Crippen LogP contribution in [0.3, 0.4) is 0 Å². The molecule has 1 aliphatic heterocycles. The van der Waals surface area contributed by atoms with Gasteiger partial charge in [0.1, 0.15) is 0 Å². The summed E-state index contributed by atoms with van der Waals surface area (Å²) in [5, 5.41) is 4.78. The van der Waals surface area contributed by atoms with E-state index < -0.39 is 9.84 Å². The minimum Gasteiger partial charge on any atom is -0.353 e. The molecule has 7 heteroatoms. The molecule has 2 aromatic rings. The lowest BCUT2D eigenvalue weighted by Gasteiger charge is -2.32. The van der Waals surface area contributed by atoms with E-state index in [2.05, 4.69) is 21.9 Å². The molecule has 0 radical (unpaired) electrons. The quantitative estimate of drug-likeness (QED) is 0.848. The minimum atomic E-state index is -3.55. The number of hydrogen-bond donors (Lipinski definition) is 0. The van der Waals surface area contributed by atoms with E-state index in [0.717, 1.165) is 32.0 Å². The number of sulfone groups is 1. The molecule has 1 aliphatic rings. The number of anilines is 1. The maximum absolute atomic E-state index is 12.9. The Bertz CT molecular complexity index is 763. The van der Waals surface area contributed by atoms with E-state index in [0.29, 0.717) is 11.4 Å². The van der Waals surface area contributed by atoms with Gasteiger partial charge in [-0.3, -0.25) is 4.68 Å². The van der Waals surface area contributed by atoms with Crippen LogP contribution in [0.2, 0.25) is 0 Å². The smallest absolute Gasteiger partial charge is 0.223 e. The number of nitrogens with zero attached hydrogens (tertiary/aromatic N) is 4. The van der Waals surface area contributed by atoms with Crippen LogP contribution < -0.4 is 4.90 Å². The first-order valence-electron chi connectivity index (χ1n) is 7.84. The van der Waals surface area contributed by atoms with Gasteiger partial charge in [-0.1, -0.05) is 18.2 Å². The molecule has 0 amide bonds. The summed E-state index contributed by atoms with van der Waals surface area (Å²) in [5.41, 5.74) is 0. The van der Waals surface area contributed by atoms with Gasteiger partial charge >= 0.3 is 0 Å². The number of piperazine rings is 1. The van der Waals surface area contributed by atoms with Crippen molar-refractivity contribution in [3.63, 3.8) is 0 Å². The average molecular weight is 334 g/mol. The summed E-state index contributed by atoms with van der Waals surface area (Å²) >= 11 is 0. The van der Waals surface area contributed by atoms with Crippen LogP contribution in [-0.4, -0.2) is 56.3 Å². The zero-order valence-electron chi connectivity index (χ0n) is 13.5. The number of likely N-dealkylation sites (N-methyl/N-ethyl adjacent to an activating group) is 1. The molecule has 6 nitrogen and oxygen atoms in total. The number of aryl methyl sites for hydroxylation is 1. The Morgan fingerprint density at radius 1 is 1.09 bits per heavy atom. The molecule has 124 valence electrons. The highest BCUT2D eigenvalue weighted by molar-refractivity contribution is 7.91. The van der Waals surface area contributed by atoms with E-state index in [-0.39, 0.29) is 5.03 Å². The number of aromatic nitrogens is 2. The molecule has 1 aromatic carbocycles. The van der Waals surface area contributed by atoms with E-state index in [9.17, 15) is 8.42 Å². The predicted molar refractivity (Wildman–Crippen MR) is 89.5 cm³/mol. The van der Waals surface area contributed by atoms with Gasteiger partial charge in [-0.05, 0) is 26.1 Å². The molecule has 0 saturated carbocycles. The highest BCUT2D eigenvalue weighted by atomic mass is 32.2. The van der Waals surface area contributed by atoms with Gasteiger partial charge in [0.2, 0.25) is 9.84 Å². The Labute approximate surface area is 137 Å². The van der Waals surface area contributed by atoms with Gasteiger partial charge in [0.25, 0.3) is 0 Å². The number of benzene rings is 1. The summed E-state index contributed by atoms with van der Waals surface area (Å²) in [6, 6.07) is 10.2. The van der Waals surface area contributed by atoms with Crippen LogP contribution >= 0.6 is 0 Å². The van der Waals surface area contributed by atoms with Gasteiger partial charge in [-0.2, -0.15) is 5.10 Å². The topological polar surface area (TPSA) is 58.4 Å². The minimum absolute atomic E-state index is 0.264. The zero-order valence-corrected chi connectivity index (χ0v) is 14.3. The highest BCUT2D eigenvalue weighted by Crippen LogP contribution is 2.25. The first-order valence-corrected chi connectivity index (χ1v) is 9.32. The van der Waals surface area contributed by atoms with Crippen LogP contribution in [0.1, 0.15) is 6.92 Å². The fraction of sp³-hybridized carbons (Fsp3) is 0.438. The molecule has 1 aromatic heterocycles. The molecule has 0 aliphatic carbocycles. The Morgan fingerprint density at radius 3 is 2.35 bits per heavy atom. The molecular weight excluding hydrogens is 312 g/mol. The van der Waals surface area contributed by atoms with Crippen molar-refractivity contribution in [2.45, 2.75) is 23.4 Å². The van der Waals surface area contributed by atoms with Crippen LogP contribution in [0.5, 0.6) is 0 Å². The van der Waals surface area contributed by atoms with E-state index in [1.165, 1.54) is 0 Å². The second-order valence-corrected chi connectivity index (χ2v) is 7.66. The van der Waals surface area contributed by atoms with Crippen molar-refractivity contribution >= 4 is 15.7 Å². The van der Waals surface area contributed by atoms with Crippen molar-refractivity contribution in [2.75, 3.05) is 38.1 Å². The maximum atomic E-state index is 12.9. The summed E-state index contributed by atoms with van der Waals surface area (Å²) < 4.78 is 27.3. The molecule has 0 unspecified atom stereocenters. The average Bonchev–Trinajstić information content (AvgIpc) is 3.01. The molecule has 0 bridgehead atoms. The molecule has 0 atom stereocenters. The van der Waals surface area contributed by atoms with E-state index in [4.69, 9.17) is 0 Å². The lowest BCUT2D eigenvalue weighted by molar-refractivity contribution is 0.311. The third kappa shape index (κ3) is 3.11. The van der Waals surface area contributed by atoms with Gasteiger partial charge in [0.15, 0.2) is 10.8 Å². The van der Waals surface area contributed by atoms with Crippen LogP contribution in [-0.2, 0) is 16.4 Å². The summed E-state index contributed by atoms with van der Waals surface area (Å²) in [6.07, 6.45) is 0. The number of hydrogen-bond acceptors (Lipinski definition) is 5. The predicted octanol–water partition coefficient (Wildman–Crippen LogP) is 1.49. The van der Waals surface area contributed by atoms with Gasteiger partial charge in [0.05, 0.1) is 4.90 Å². The van der Waals surface area contributed by atoms with Crippen LogP contribution in [0.4, 0.5) is 5.82 Å². The third-order valence-electron chi connectivity index (χ3n) is 4.19. The van der Waals surface area contributed by atoms with Gasteiger partial charge < -0.3 is 9.80 Å². The van der Waals surface area contributed by atoms with Crippen LogP contribution in [0, 0.1) is 0 Å². The normalized spacial score (nSPS) is 16.7. The molecule has 23 heavy (non-hydrogen) atoms. The standard InChI is InChI=1S/C16H22N4O2S/c1-3-20-16(23(21,22)14-7-5-4-6-8-14)13-15(17-20)19-11-9-18(2)10-12-19/h4-8,13H,3,9-12H2,1-2H3. The molecule has 2 heterocycles. The lowest BCUT2D eigenvalue weighted by atomic mass is 10.3. The van der Waals surface area contributed by atoms with E-state index in [1.54, 1.807) is 35.0 Å². The van der Waals surface area contributed by atoms with Crippen molar-refractivity contribution in [1.29, 1.82) is 0 Å². The van der Waals surface area contributed by atoms with Crippen LogP contribution in [0.25, 0.3) is 0 Å². The van der Waals surface area contributed by atoms with Gasteiger partial charge in [0, 0.05) is 38.8 Å². The van der Waals surface area contributed by atoms with Crippen molar-refractivity contribution < 1.29 is 8.42 Å². The third-order valence-corrected chi connectivity index (χ3v) is 5.96. The first-order chi connectivity index (χ1) is 11.0. The highest BCUT2D eigenvalue weighted by Gasteiger charge is 2.26. The van der Waals surface area contributed by atoms with Crippen LogP contribution in [0.15, 0.2) is 46.3 Å². The summed E-state index contributed by atoms with van der Waals surface area (Å²) in [7, 11) is -1.46. The fourth-order valence-corrected chi connectivity index (χ4v) is 4.20. The molecule has 1 saturated heterocycles. The molecule has 3 rings (SSSR count). The van der Waals surface area contributed by atoms with E-state index >= 15 is 0 Å². The monoisotopic (exact) mass is 334 g/mol. The molecule has 0 spiro atoms. The van der Waals surface area contributed by atoms with Crippen molar-refractivity contribution in [2.24, 2.45) is 0 Å². The maximum Gasteiger partial charge on any atom is 0.223 e. The largest absolute Gasteiger partial charge is 0.353 e. The second-order valence-electron chi connectivity index (χ2n) is 5.76. The Kier molecular flexibility index (Phi) is 4.41. The summed E-state index contributed by atoms with van der Waals surface area (Å²) in [6.45, 7) is 6.07. The number of rotatable bonds is 4. The lowest BCUT2D eigenvalue weighted by Crippen LogP contribution is -2.44. The molecule has 0 N–H and O–H groups in total. The fourth-order valence-electron chi connectivity index (χ4n) is 2.74. The van der Waals surface area contributed by atoms with Crippen molar-refractivity contribution in [1.82, 2.24) is 14.7 Å². The molecule has 1 fully saturated rings. The van der Waals surface area contributed by atoms with Gasteiger partial charge in [-0.15, -0.1) is 0 Å².